The van der Waals surface area contributed by atoms with Crippen LogP contribution in [0.15, 0.2) is 0 Å². The van der Waals surface area contributed by atoms with Crippen molar-refractivity contribution in [2.24, 2.45) is 0 Å². The van der Waals surface area contributed by atoms with Crippen LogP contribution in [0.1, 0.15) is 58.3 Å². The topological polar surface area (TPSA) is 55.4 Å². The van der Waals surface area contributed by atoms with Crippen LogP contribution in [0.25, 0.3) is 0 Å². The Kier molecular flexibility index (Phi) is 7.86. The molecule has 0 atom stereocenters. The molecule has 0 radical (unpaired) electrons. The fraction of sp³-hybridized carbons (Fsp3) is 1.00. The summed E-state index contributed by atoms with van der Waals surface area (Å²) in [5, 5.41) is 3.32. The number of hydrogen-bond acceptors (Lipinski definition) is 4. The van der Waals surface area contributed by atoms with Gasteiger partial charge < -0.3 is 5.32 Å². The fourth-order valence-electron chi connectivity index (χ4n) is 2.29. The molecular formula is C13H27NO3S. The van der Waals surface area contributed by atoms with E-state index >= 15 is 0 Å². The summed E-state index contributed by atoms with van der Waals surface area (Å²) in [6.45, 7) is 2.93. The van der Waals surface area contributed by atoms with E-state index in [1.54, 1.807) is 0 Å². The molecule has 0 aromatic rings. The fourth-order valence-corrected chi connectivity index (χ4v) is 3.15. The average molecular weight is 277 g/mol. The van der Waals surface area contributed by atoms with E-state index in [2.05, 4.69) is 12.2 Å². The third-order valence-corrected chi connectivity index (χ3v) is 4.63. The highest BCUT2D eigenvalue weighted by molar-refractivity contribution is 7.86. The van der Waals surface area contributed by atoms with Crippen molar-refractivity contribution in [1.29, 1.82) is 0 Å². The normalized spacial score (nSPS) is 18.1. The monoisotopic (exact) mass is 277 g/mol. The maximum Gasteiger partial charge on any atom is 0.268 e. The average Bonchev–Trinajstić information content (AvgIpc) is 2.36. The molecule has 0 heterocycles. The van der Waals surface area contributed by atoms with Crippen LogP contribution in [0, 0.1) is 0 Å². The smallest absolute Gasteiger partial charge is 0.268 e. The van der Waals surface area contributed by atoms with Crippen molar-refractivity contribution >= 4 is 10.1 Å². The van der Waals surface area contributed by atoms with Crippen molar-refractivity contribution in [3.05, 3.63) is 0 Å². The molecule has 1 N–H and O–H groups in total. The lowest BCUT2D eigenvalue weighted by molar-refractivity contribution is 0.306. The molecule has 0 saturated heterocycles. The van der Waals surface area contributed by atoms with Gasteiger partial charge in [-0.3, -0.25) is 4.18 Å². The summed E-state index contributed by atoms with van der Waals surface area (Å²) >= 11 is 0. The minimum Gasteiger partial charge on any atom is -0.313 e. The van der Waals surface area contributed by atoms with Gasteiger partial charge in [0.1, 0.15) is 0 Å². The van der Waals surface area contributed by atoms with Crippen LogP contribution in [-0.2, 0) is 14.3 Å². The minimum absolute atomic E-state index is 0.0929. The van der Waals surface area contributed by atoms with Crippen molar-refractivity contribution in [3.63, 3.8) is 0 Å². The molecule has 1 aliphatic rings. The Morgan fingerprint density at radius 1 is 1.17 bits per heavy atom. The molecular weight excluding hydrogens is 250 g/mol. The van der Waals surface area contributed by atoms with E-state index in [1.807, 2.05) is 0 Å². The molecule has 1 fully saturated rings. The van der Waals surface area contributed by atoms with Gasteiger partial charge >= 0.3 is 0 Å². The molecule has 0 spiro atoms. The highest BCUT2D eigenvalue weighted by atomic mass is 32.2. The Morgan fingerprint density at radius 2 is 1.89 bits per heavy atom. The molecule has 108 valence electrons. The zero-order chi connectivity index (χ0) is 13.3. The Bertz CT molecular complexity index is 297. The predicted molar refractivity (Wildman–Crippen MR) is 74.1 cm³/mol. The van der Waals surface area contributed by atoms with Gasteiger partial charge in [0.05, 0.1) is 12.4 Å². The molecule has 0 unspecified atom stereocenters. The van der Waals surface area contributed by atoms with Crippen LogP contribution in [0.5, 0.6) is 0 Å². The predicted octanol–water partition coefficient (Wildman–Crippen LogP) is 2.45. The largest absolute Gasteiger partial charge is 0.313 e. The SMILES string of the molecule is CCCCCOS(=O)(=O)CCNC1CCCCC1. The third-order valence-electron chi connectivity index (χ3n) is 3.40. The summed E-state index contributed by atoms with van der Waals surface area (Å²) < 4.78 is 28.1. The molecule has 0 bridgehead atoms. The molecule has 1 aliphatic carbocycles. The second-order valence-corrected chi connectivity index (χ2v) is 6.84. The number of unbranched alkanes of at least 4 members (excludes halogenated alkanes) is 2. The standard InChI is InChI=1S/C13H27NO3S/c1-2-3-7-11-17-18(15,16)12-10-14-13-8-5-4-6-9-13/h13-14H,2-12H2,1H3. The van der Waals surface area contributed by atoms with E-state index in [0.717, 1.165) is 19.3 Å². The van der Waals surface area contributed by atoms with Crippen molar-refractivity contribution in [3.8, 4) is 0 Å². The highest BCUT2D eigenvalue weighted by Crippen LogP contribution is 2.17. The van der Waals surface area contributed by atoms with E-state index in [0.29, 0.717) is 19.2 Å². The van der Waals surface area contributed by atoms with Crippen molar-refractivity contribution in [1.82, 2.24) is 5.32 Å². The van der Waals surface area contributed by atoms with Crippen LogP contribution in [0.3, 0.4) is 0 Å². The second kappa shape index (κ2) is 8.88. The van der Waals surface area contributed by atoms with Crippen LogP contribution in [0.2, 0.25) is 0 Å². The van der Waals surface area contributed by atoms with Crippen LogP contribution in [0.4, 0.5) is 0 Å². The summed E-state index contributed by atoms with van der Waals surface area (Å²) in [5.41, 5.74) is 0. The zero-order valence-corrected chi connectivity index (χ0v) is 12.3. The molecule has 5 heteroatoms. The maximum absolute atomic E-state index is 11.6. The lowest BCUT2D eigenvalue weighted by Crippen LogP contribution is -2.34. The summed E-state index contributed by atoms with van der Waals surface area (Å²) in [6.07, 6.45) is 9.12. The minimum atomic E-state index is -3.33. The molecule has 18 heavy (non-hydrogen) atoms. The van der Waals surface area contributed by atoms with Gasteiger partial charge in [-0.25, -0.2) is 0 Å². The third kappa shape index (κ3) is 7.34. The first-order valence-electron chi connectivity index (χ1n) is 7.24. The van der Waals surface area contributed by atoms with Gasteiger partial charge in [-0.05, 0) is 19.3 Å². The first-order chi connectivity index (χ1) is 8.64. The molecule has 0 amide bonds. The summed E-state index contributed by atoms with van der Waals surface area (Å²) in [7, 11) is -3.33. The summed E-state index contributed by atoms with van der Waals surface area (Å²) in [6, 6.07) is 0.508. The number of nitrogens with one attached hydrogen (secondary N) is 1. The molecule has 4 nitrogen and oxygen atoms in total. The summed E-state index contributed by atoms with van der Waals surface area (Å²) in [5.74, 6) is 0.0929. The second-order valence-electron chi connectivity index (χ2n) is 5.08. The van der Waals surface area contributed by atoms with Gasteiger partial charge in [-0.15, -0.1) is 0 Å². The maximum atomic E-state index is 11.6. The van der Waals surface area contributed by atoms with E-state index < -0.39 is 10.1 Å². The lowest BCUT2D eigenvalue weighted by Gasteiger charge is -2.22. The van der Waals surface area contributed by atoms with E-state index in [-0.39, 0.29) is 5.75 Å². The van der Waals surface area contributed by atoms with E-state index in [9.17, 15) is 8.42 Å². The van der Waals surface area contributed by atoms with Crippen molar-refractivity contribution in [2.45, 2.75) is 64.3 Å². The van der Waals surface area contributed by atoms with Gasteiger partial charge in [0.25, 0.3) is 10.1 Å². The Balaban J connectivity index is 2.08. The van der Waals surface area contributed by atoms with Crippen LogP contribution in [-0.4, -0.2) is 33.4 Å². The molecule has 0 aromatic carbocycles. The Labute approximate surface area is 112 Å². The first kappa shape index (κ1) is 15.9. The summed E-state index contributed by atoms with van der Waals surface area (Å²) in [4.78, 5) is 0. The first-order valence-corrected chi connectivity index (χ1v) is 8.82. The van der Waals surface area contributed by atoms with Gasteiger partial charge in [-0.1, -0.05) is 39.0 Å². The van der Waals surface area contributed by atoms with Gasteiger partial charge in [-0.2, -0.15) is 8.42 Å². The van der Waals surface area contributed by atoms with E-state index in [4.69, 9.17) is 4.18 Å². The van der Waals surface area contributed by atoms with Gasteiger partial charge in [0.2, 0.25) is 0 Å². The number of rotatable bonds is 9. The highest BCUT2D eigenvalue weighted by Gasteiger charge is 2.15. The van der Waals surface area contributed by atoms with E-state index in [1.165, 1.54) is 32.1 Å². The van der Waals surface area contributed by atoms with Gasteiger partial charge in [0.15, 0.2) is 0 Å². The zero-order valence-electron chi connectivity index (χ0n) is 11.5. The number of hydrogen-bond donors (Lipinski definition) is 1. The van der Waals surface area contributed by atoms with Crippen molar-refractivity contribution in [2.75, 3.05) is 18.9 Å². The quantitative estimate of drug-likeness (QED) is 0.519. The lowest BCUT2D eigenvalue weighted by atomic mass is 9.96. The molecule has 0 aromatic heterocycles. The Morgan fingerprint density at radius 3 is 2.56 bits per heavy atom. The molecule has 1 rings (SSSR count). The van der Waals surface area contributed by atoms with Crippen LogP contribution < -0.4 is 5.32 Å². The Hall–Kier alpha value is -0.130. The van der Waals surface area contributed by atoms with Crippen molar-refractivity contribution < 1.29 is 12.6 Å². The van der Waals surface area contributed by atoms with Gasteiger partial charge in [0, 0.05) is 12.6 Å². The van der Waals surface area contributed by atoms with Crippen LogP contribution >= 0.6 is 0 Å². The molecule has 0 aliphatic heterocycles. The molecule has 1 saturated carbocycles.